The number of hydrogen-bond acceptors (Lipinski definition) is 2. The van der Waals surface area contributed by atoms with Crippen molar-refractivity contribution in [1.82, 2.24) is 0 Å². The molecule has 0 heterocycles. The maximum absolute atomic E-state index is 6.24. The van der Waals surface area contributed by atoms with E-state index in [2.05, 4.69) is 5.92 Å². The van der Waals surface area contributed by atoms with Crippen LogP contribution in [0.25, 0.3) is 0 Å². The first-order valence-corrected chi connectivity index (χ1v) is 5.99. The van der Waals surface area contributed by atoms with E-state index >= 15 is 0 Å². The van der Waals surface area contributed by atoms with Gasteiger partial charge in [0.15, 0.2) is 0 Å². The van der Waals surface area contributed by atoms with E-state index < -0.39 is 0 Å². The summed E-state index contributed by atoms with van der Waals surface area (Å²) in [6.45, 7) is 0. The average Bonchev–Trinajstić information content (AvgIpc) is 2.30. The first-order chi connectivity index (χ1) is 7.25. The van der Waals surface area contributed by atoms with Crippen LogP contribution in [0.1, 0.15) is 51.4 Å². The van der Waals surface area contributed by atoms with Crippen molar-refractivity contribution in [1.29, 1.82) is 0 Å². The van der Waals surface area contributed by atoms with Gasteiger partial charge in [-0.05, 0) is 25.7 Å². The van der Waals surface area contributed by atoms with Gasteiger partial charge in [0.05, 0.1) is 5.60 Å². The second-order valence-electron chi connectivity index (χ2n) is 4.53. The Hall–Kier alpha value is -0.520. The minimum Gasteiger partial charge on any atom is -0.377 e. The van der Waals surface area contributed by atoms with Crippen molar-refractivity contribution in [2.45, 2.75) is 63.0 Å². The van der Waals surface area contributed by atoms with Crippen LogP contribution in [0.4, 0.5) is 0 Å². The van der Waals surface area contributed by atoms with Crippen molar-refractivity contribution in [2.24, 2.45) is 5.73 Å². The molecule has 1 atom stereocenters. The van der Waals surface area contributed by atoms with Crippen LogP contribution in [0.3, 0.4) is 0 Å². The van der Waals surface area contributed by atoms with Gasteiger partial charge in [0, 0.05) is 19.6 Å². The summed E-state index contributed by atoms with van der Waals surface area (Å²) in [6, 6.07) is 0.149. The monoisotopic (exact) mass is 209 g/mol. The summed E-state index contributed by atoms with van der Waals surface area (Å²) in [4.78, 5) is 0. The Bertz CT molecular complexity index is 213. The molecule has 0 aromatic rings. The highest BCUT2D eigenvalue weighted by molar-refractivity contribution is 4.94. The first-order valence-electron chi connectivity index (χ1n) is 5.99. The van der Waals surface area contributed by atoms with Gasteiger partial charge in [0.25, 0.3) is 0 Å². The van der Waals surface area contributed by atoms with E-state index in [0.29, 0.717) is 0 Å². The van der Waals surface area contributed by atoms with E-state index in [-0.39, 0.29) is 11.6 Å². The Kier molecular flexibility index (Phi) is 5.14. The van der Waals surface area contributed by atoms with Crippen molar-refractivity contribution in [3.05, 3.63) is 0 Å². The zero-order chi connectivity index (χ0) is 11.1. The molecule has 1 fully saturated rings. The minimum absolute atomic E-state index is 0.0627. The minimum atomic E-state index is -0.0627. The van der Waals surface area contributed by atoms with Gasteiger partial charge in [0.2, 0.25) is 0 Å². The van der Waals surface area contributed by atoms with Crippen molar-refractivity contribution in [3.63, 3.8) is 0 Å². The maximum Gasteiger partial charge on any atom is 0.0828 e. The molecule has 0 aromatic carbocycles. The quantitative estimate of drug-likeness (QED) is 0.557. The SMILES string of the molecule is C#CCCCC(N)C1(OC)CCCCC1. The second-order valence-corrected chi connectivity index (χ2v) is 4.53. The smallest absolute Gasteiger partial charge is 0.0828 e. The molecule has 0 saturated heterocycles. The summed E-state index contributed by atoms with van der Waals surface area (Å²) in [5.41, 5.74) is 6.18. The highest BCUT2D eigenvalue weighted by atomic mass is 16.5. The van der Waals surface area contributed by atoms with Gasteiger partial charge < -0.3 is 10.5 Å². The zero-order valence-electron chi connectivity index (χ0n) is 9.80. The summed E-state index contributed by atoms with van der Waals surface area (Å²) in [5, 5.41) is 0. The Labute approximate surface area is 93.6 Å². The molecule has 2 N–H and O–H groups in total. The zero-order valence-corrected chi connectivity index (χ0v) is 9.80. The van der Waals surface area contributed by atoms with Crippen LogP contribution in [-0.2, 0) is 4.74 Å². The van der Waals surface area contributed by atoms with Gasteiger partial charge in [-0.2, -0.15) is 0 Å². The van der Waals surface area contributed by atoms with Crippen LogP contribution in [0.2, 0.25) is 0 Å². The molecule has 2 heteroatoms. The highest BCUT2D eigenvalue weighted by Gasteiger charge is 2.37. The van der Waals surface area contributed by atoms with Crippen molar-refractivity contribution < 1.29 is 4.74 Å². The Morgan fingerprint density at radius 2 is 2.07 bits per heavy atom. The number of unbranched alkanes of at least 4 members (excludes halogenated alkanes) is 1. The molecule has 1 unspecified atom stereocenters. The fourth-order valence-electron chi connectivity index (χ4n) is 2.56. The molecule has 0 bridgehead atoms. The Morgan fingerprint density at radius 1 is 1.40 bits per heavy atom. The molecule has 1 saturated carbocycles. The summed E-state index contributed by atoms with van der Waals surface area (Å²) >= 11 is 0. The number of rotatable bonds is 5. The molecular formula is C13H23NO. The molecule has 0 radical (unpaired) electrons. The van der Waals surface area contributed by atoms with Gasteiger partial charge in [-0.3, -0.25) is 0 Å². The van der Waals surface area contributed by atoms with Crippen molar-refractivity contribution in [3.8, 4) is 12.3 Å². The van der Waals surface area contributed by atoms with Gasteiger partial charge in [0.1, 0.15) is 0 Å². The Morgan fingerprint density at radius 3 is 2.60 bits per heavy atom. The predicted molar refractivity (Wildman–Crippen MR) is 63.5 cm³/mol. The van der Waals surface area contributed by atoms with Crippen LogP contribution >= 0.6 is 0 Å². The third kappa shape index (κ3) is 3.22. The van der Waals surface area contributed by atoms with E-state index in [0.717, 1.165) is 32.1 Å². The average molecular weight is 209 g/mol. The lowest BCUT2D eigenvalue weighted by Gasteiger charge is -2.40. The molecule has 15 heavy (non-hydrogen) atoms. The lowest BCUT2D eigenvalue weighted by molar-refractivity contribution is -0.0603. The molecular weight excluding hydrogens is 186 g/mol. The third-order valence-corrected chi connectivity index (χ3v) is 3.62. The lowest BCUT2D eigenvalue weighted by Crippen LogP contribution is -2.50. The molecule has 0 aromatic heterocycles. The molecule has 0 aliphatic heterocycles. The number of terminal acetylenes is 1. The first kappa shape index (κ1) is 12.5. The van der Waals surface area contributed by atoms with Gasteiger partial charge in [-0.1, -0.05) is 19.3 Å². The summed E-state index contributed by atoms with van der Waals surface area (Å²) in [7, 11) is 1.80. The molecule has 1 aliphatic rings. The van der Waals surface area contributed by atoms with E-state index in [9.17, 15) is 0 Å². The Balaban J connectivity index is 2.45. The molecule has 1 rings (SSSR count). The van der Waals surface area contributed by atoms with E-state index in [1.54, 1.807) is 7.11 Å². The molecule has 1 aliphatic carbocycles. The molecule has 0 spiro atoms. The normalized spacial score (nSPS) is 21.9. The summed E-state index contributed by atoms with van der Waals surface area (Å²) in [5.74, 6) is 2.66. The van der Waals surface area contributed by atoms with Crippen molar-refractivity contribution in [2.75, 3.05) is 7.11 Å². The number of nitrogens with two attached hydrogens (primary N) is 1. The van der Waals surface area contributed by atoms with Crippen LogP contribution in [-0.4, -0.2) is 18.8 Å². The van der Waals surface area contributed by atoms with Crippen LogP contribution < -0.4 is 5.73 Å². The second kappa shape index (κ2) is 6.15. The van der Waals surface area contributed by atoms with Gasteiger partial charge >= 0.3 is 0 Å². The summed E-state index contributed by atoms with van der Waals surface area (Å²) in [6.07, 6.45) is 14.1. The van der Waals surface area contributed by atoms with E-state index in [1.165, 1.54) is 19.3 Å². The molecule has 0 amide bonds. The van der Waals surface area contributed by atoms with Gasteiger partial charge in [-0.15, -0.1) is 12.3 Å². The number of hydrogen-bond donors (Lipinski definition) is 1. The van der Waals surface area contributed by atoms with Crippen LogP contribution in [0, 0.1) is 12.3 Å². The predicted octanol–water partition coefficient (Wildman–Crippen LogP) is 2.47. The maximum atomic E-state index is 6.24. The lowest BCUT2D eigenvalue weighted by atomic mass is 9.78. The third-order valence-electron chi connectivity index (χ3n) is 3.62. The number of ether oxygens (including phenoxy) is 1. The van der Waals surface area contributed by atoms with Crippen molar-refractivity contribution >= 4 is 0 Å². The standard InChI is InChI=1S/C13H23NO/c1-3-4-6-9-12(14)13(15-2)10-7-5-8-11-13/h1,12H,4-11,14H2,2H3. The fourth-order valence-corrected chi connectivity index (χ4v) is 2.56. The van der Waals surface area contributed by atoms with Gasteiger partial charge in [-0.25, -0.2) is 0 Å². The number of methoxy groups -OCH3 is 1. The summed E-state index contributed by atoms with van der Waals surface area (Å²) < 4.78 is 5.69. The topological polar surface area (TPSA) is 35.2 Å². The largest absolute Gasteiger partial charge is 0.377 e. The molecule has 2 nitrogen and oxygen atoms in total. The fraction of sp³-hybridized carbons (Fsp3) is 0.846. The van der Waals surface area contributed by atoms with Crippen LogP contribution in [0.15, 0.2) is 0 Å². The molecule has 86 valence electrons. The highest BCUT2D eigenvalue weighted by Crippen LogP contribution is 2.34. The van der Waals surface area contributed by atoms with E-state index in [1.807, 2.05) is 0 Å². The van der Waals surface area contributed by atoms with E-state index in [4.69, 9.17) is 16.9 Å². The van der Waals surface area contributed by atoms with Crippen LogP contribution in [0.5, 0.6) is 0 Å².